The van der Waals surface area contributed by atoms with Crippen molar-refractivity contribution in [1.29, 1.82) is 0 Å². The molecule has 0 fully saturated rings. The van der Waals surface area contributed by atoms with Crippen LogP contribution in [0.1, 0.15) is 18.5 Å². The van der Waals surface area contributed by atoms with Gasteiger partial charge in [0.1, 0.15) is 6.04 Å². The third-order valence-corrected chi connectivity index (χ3v) is 6.38. The molecule has 11 heteroatoms. The highest BCUT2D eigenvalue weighted by Crippen LogP contribution is 2.26. The number of nitrogens with one attached hydrogen (secondary N) is 2. The van der Waals surface area contributed by atoms with Gasteiger partial charge in [-0.2, -0.15) is 5.10 Å². The zero-order valence-corrected chi connectivity index (χ0v) is 19.1. The number of carbonyl (C=O) groups is 1. The van der Waals surface area contributed by atoms with E-state index in [-0.39, 0.29) is 18.1 Å². The van der Waals surface area contributed by atoms with Gasteiger partial charge in [0.05, 0.1) is 11.4 Å². The number of benzene rings is 1. The Hall–Kier alpha value is -3.83. The van der Waals surface area contributed by atoms with E-state index in [9.17, 15) is 9.59 Å². The minimum Gasteiger partial charge on any atom is -0.324 e. The Morgan fingerprint density at radius 3 is 2.88 bits per heavy atom. The number of thiophene rings is 1. The first-order chi connectivity index (χ1) is 16.0. The molecular weight excluding hydrogens is 458 g/mol. The highest BCUT2D eigenvalue weighted by atomic mass is 32.1. The molecule has 9 nitrogen and oxygen atoms in total. The van der Waals surface area contributed by atoms with Crippen LogP contribution in [0.3, 0.4) is 0 Å². The average Bonchev–Trinajstić information content (AvgIpc) is 3.54. The highest BCUT2D eigenvalue weighted by molar-refractivity contribution is 7.71. The van der Waals surface area contributed by atoms with Gasteiger partial charge in [0.15, 0.2) is 16.2 Å². The van der Waals surface area contributed by atoms with Gasteiger partial charge >= 0.3 is 5.69 Å². The second-order valence-corrected chi connectivity index (χ2v) is 8.77. The Labute approximate surface area is 196 Å². The molecule has 1 atom stereocenters. The maximum absolute atomic E-state index is 13.0. The van der Waals surface area contributed by atoms with Crippen molar-refractivity contribution in [2.75, 3.05) is 5.32 Å². The Balaban J connectivity index is 1.36. The summed E-state index contributed by atoms with van der Waals surface area (Å²) in [6.45, 7) is 2.06. The van der Waals surface area contributed by atoms with Crippen LogP contribution in [0.5, 0.6) is 0 Å². The molecule has 0 bridgehead atoms. The summed E-state index contributed by atoms with van der Waals surface area (Å²) in [6, 6.07) is 16.0. The number of rotatable bonds is 6. The molecule has 1 amide bonds. The number of anilines is 1. The van der Waals surface area contributed by atoms with Crippen LogP contribution >= 0.6 is 23.6 Å². The second kappa shape index (κ2) is 8.60. The molecule has 0 saturated carbocycles. The minimum atomic E-state index is -0.585. The van der Waals surface area contributed by atoms with E-state index in [1.165, 1.54) is 20.4 Å². The SMILES string of the molecule is CC(C(=O)Nc1cccc(Cn2nc3ccccn3c2=O)c1)n1c(-c2cccs2)n[nH]c1=S. The van der Waals surface area contributed by atoms with Gasteiger partial charge in [-0.3, -0.25) is 18.9 Å². The summed E-state index contributed by atoms with van der Waals surface area (Å²) in [6.07, 6.45) is 1.69. The molecule has 2 N–H and O–H groups in total. The first-order valence-corrected chi connectivity index (χ1v) is 11.4. The number of fused-ring (bicyclic) bond motifs is 1. The van der Waals surface area contributed by atoms with Gasteiger partial charge in [0.2, 0.25) is 5.91 Å². The standard InChI is InChI=1S/C22H19N7O2S2/c1-14(29-19(24-25-21(29)32)17-8-5-11-33-17)20(30)23-16-7-4-6-15(12-16)13-28-22(31)27-10-3-2-9-18(27)26-28/h2-12,14H,13H2,1H3,(H,23,30)(H,25,32). The van der Waals surface area contributed by atoms with E-state index in [0.717, 1.165) is 10.4 Å². The predicted molar refractivity (Wildman–Crippen MR) is 129 cm³/mol. The lowest BCUT2D eigenvalue weighted by Crippen LogP contribution is -2.24. The zero-order valence-electron chi connectivity index (χ0n) is 17.5. The number of hydrogen-bond acceptors (Lipinski definition) is 6. The zero-order chi connectivity index (χ0) is 22.9. The molecule has 33 heavy (non-hydrogen) atoms. The van der Waals surface area contributed by atoms with Crippen LogP contribution in [0.25, 0.3) is 16.3 Å². The van der Waals surface area contributed by atoms with Crippen LogP contribution in [-0.4, -0.2) is 34.9 Å². The number of pyridine rings is 1. The fourth-order valence-corrected chi connectivity index (χ4v) is 4.60. The van der Waals surface area contributed by atoms with E-state index in [2.05, 4.69) is 20.6 Å². The van der Waals surface area contributed by atoms with E-state index in [4.69, 9.17) is 12.2 Å². The lowest BCUT2D eigenvalue weighted by atomic mass is 10.2. The van der Waals surface area contributed by atoms with Crippen LogP contribution < -0.4 is 11.0 Å². The molecule has 0 saturated heterocycles. The molecule has 0 spiro atoms. The van der Waals surface area contributed by atoms with Crippen molar-refractivity contribution in [1.82, 2.24) is 28.9 Å². The summed E-state index contributed by atoms with van der Waals surface area (Å²) >= 11 is 6.89. The van der Waals surface area contributed by atoms with Gasteiger partial charge in [-0.25, -0.2) is 9.48 Å². The molecule has 4 heterocycles. The first kappa shape index (κ1) is 21.0. The number of H-pyrrole nitrogens is 1. The third-order valence-electron chi connectivity index (χ3n) is 5.23. The largest absolute Gasteiger partial charge is 0.350 e. The van der Waals surface area contributed by atoms with Gasteiger partial charge < -0.3 is 5.32 Å². The molecular formula is C22H19N7O2S2. The quantitative estimate of drug-likeness (QED) is 0.363. The number of amides is 1. The molecule has 0 aliphatic carbocycles. The molecule has 4 aromatic heterocycles. The van der Waals surface area contributed by atoms with Crippen LogP contribution in [0.15, 0.2) is 71.0 Å². The van der Waals surface area contributed by atoms with Crippen molar-refractivity contribution < 1.29 is 4.79 Å². The van der Waals surface area contributed by atoms with Crippen molar-refractivity contribution in [2.24, 2.45) is 0 Å². The summed E-state index contributed by atoms with van der Waals surface area (Å²) in [5.41, 5.74) is 1.82. The molecule has 0 aliphatic rings. The van der Waals surface area contributed by atoms with Crippen LogP contribution in [0.4, 0.5) is 5.69 Å². The Bertz CT molecular complexity index is 1560. The lowest BCUT2D eigenvalue weighted by molar-refractivity contribution is -0.118. The summed E-state index contributed by atoms with van der Waals surface area (Å²) < 4.78 is 4.97. The summed E-state index contributed by atoms with van der Waals surface area (Å²) in [5, 5.41) is 16.3. The number of hydrogen-bond donors (Lipinski definition) is 2. The van der Waals surface area contributed by atoms with Gasteiger partial charge in [-0.15, -0.1) is 16.4 Å². The fraction of sp³-hybridized carbons (Fsp3) is 0.136. The van der Waals surface area contributed by atoms with Crippen molar-refractivity contribution in [3.63, 3.8) is 0 Å². The second-order valence-electron chi connectivity index (χ2n) is 7.43. The maximum Gasteiger partial charge on any atom is 0.350 e. The Kier molecular flexibility index (Phi) is 5.48. The van der Waals surface area contributed by atoms with E-state index < -0.39 is 6.04 Å². The van der Waals surface area contributed by atoms with Crippen molar-refractivity contribution in [2.45, 2.75) is 19.5 Å². The maximum atomic E-state index is 13.0. The number of carbonyl (C=O) groups excluding carboxylic acids is 1. The normalized spacial score (nSPS) is 12.2. The van der Waals surface area contributed by atoms with Crippen LogP contribution in [0.2, 0.25) is 0 Å². The first-order valence-electron chi connectivity index (χ1n) is 10.2. The average molecular weight is 478 g/mol. The fourth-order valence-electron chi connectivity index (χ4n) is 3.60. The van der Waals surface area contributed by atoms with E-state index in [0.29, 0.717) is 21.9 Å². The van der Waals surface area contributed by atoms with Gasteiger partial charge in [0, 0.05) is 11.9 Å². The Morgan fingerprint density at radius 1 is 1.21 bits per heavy atom. The third kappa shape index (κ3) is 4.03. The topological polar surface area (TPSA) is 102 Å². The van der Waals surface area contributed by atoms with Crippen molar-refractivity contribution >= 4 is 40.8 Å². The van der Waals surface area contributed by atoms with Crippen molar-refractivity contribution in [3.8, 4) is 10.7 Å². The highest BCUT2D eigenvalue weighted by Gasteiger charge is 2.21. The summed E-state index contributed by atoms with van der Waals surface area (Å²) in [5.74, 6) is 0.393. The molecule has 1 aromatic carbocycles. The van der Waals surface area contributed by atoms with Crippen molar-refractivity contribution in [3.05, 3.63) is 87.0 Å². The Morgan fingerprint density at radius 2 is 2.09 bits per heavy atom. The van der Waals surface area contributed by atoms with Crippen LogP contribution in [0, 0.1) is 4.77 Å². The molecule has 5 aromatic rings. The smallest absolute Gasteiger partial charge is 0.324 e. The molecule has 0 aliphatic heterocycles. The molecule has 5 rings (SSSR count). The van der Waals surface area contributed by atoms with Crippen LogP contribution in [-0.2, 0) is 11.3 Å². The summed E-state index contributed by atoms with van der Waals surface area (Å²) in [4.78, 5) is 26.5. The molecule has 166 valence electrons. The van der Waals surface area contributed by atoms with Gasteiger partial charge in [-0.1, -0.05) is 24.3 Å². The number of aromatic amines is 1. The summed E-state index contributed by atoms with van der Waals surface area (Å²) in [7, 11) is 0. The number of nitrogens with zero attached hydrogens (tertiary/aromatic N) is 5. The lowest BCUT2D eigenvalue weighted by Gasteiger charge is -2.15. The van der Waals surface area contributed by atoms with E-state index in [1.807, 2.05) is 41.8 Å². The van der Waals surface area contributed by atoms with Gasteiger partial charge in [0.25, 0.3) is 0 Å². The molecule has 1 unspecified atom stereocenters. The van der Waals surface area contributed by atoms with E-state index >= 15 is 0 Å². The van der Waals surface area contributed by atoms with Gasteiger partial charge in [-0.05, 0) is 60.4 Å². The van der Waals surface area contributed by atoms with E-state index in [1.54, 1.807) is 35.9 Å². The predicted octanol–water partition coefficient (Wildman–Crippen LogP) is 3.73. The monoisotopic (exact) mass is 477 g/mol. The minimum absolute atomic E-state index is 0.218. The molecule has 0 radical (unpaired) electrons. The number of aromatic nitrogens is 6.